The first-order chi connectivity index (χ1) is 11.6. The summed E-state index contributed by atoms with van der Waals surface area (Å²) in [5.41, 5.74) is 2.73. The van der Waals surface area contributed by atoms with Crippen molar-refractivity contribution in [2.24, 2.45) is 7.05 Å². The number of fused-ring (bicyclic) bond motifs is 1. The number of pyridine rings is 2. The Morgan fingerprint density at radius 1 is 1.21 bits per heavy atom. The van der Waals surface area contributed by atoms with Gasteiger partial charge in [-0.25, -0.2) is 4.39 Å². The Morgan fingerprint density at radius 2 is 2.04 bits per heavy atom. The first-order valence-electron chi connectivity index (χ1n) is 7.68. The Labute approximate surface area is 143 Å². The maximum Gasteiger partial charge on any atom is 0.250 e. The molecule has 124 valence electrons. The highest BCUT2D eigenvalue weighted by Gasteiger charge is 2.10. The lowest BCUT2D eigenvalue weighted by atomic mass is 10.0. The Balaban J connectivity index is 2.02. The molecule has 2 aromatic heterocycles. The maximum atomic E-state index is 14.5. The van der Waals surface area contributed by atoms with E-state index in [1.807, 2.05) is 12.1 Å². The summed E-state index contributed by atoms with van der Waals surface area (Å²) in [5.74, 6) is 0.578. The zero-order valence-corrected chi connectivity index (χ0v) is 14.4. The van der Waals surface area contributed by atoms with Crippen molar-refractivity contribution >= 4 is 22.9 Å². The van der Waals surface area contributed by atoms with E-state index in [-0.39, 0.29) is 5.56 Å². The molecule has 4 nitrogen and oxygen atoms in total. The molecule has 2 heterocycles. The highest BCUT2D eigenvalue weighted by Crippen LogP contribution is 2.26. The van der Waals surface area contributed by atoms with E-state index in [0.29, 0.717) is 17.4 Å². The molecule has 6 heteroatoms. The second kappa shape index (κ2) is 7.15. The van der Waals surface area contributed by atoms with Crippen LogP contribution < -0.4 is 10.3 Å². The van der Waals surface area contributed by atoms with Crippen LogP contribution in [0.4, 0.5) is 4.39 Å². The van der Waals surface area contributed by atoms with Crippen molar-refractivity contribution in [2.75, 3.05) is 5.75 Å². The molecule has 0 saturated carbocycles. The minimum Gasteiger partial charge on any atom is -0.309 e. The number of aromatic nitrogens is 2. The fourth-order valence-electron chi connectivity index (χ4n) is 2.63. The highest BCUT2D eigenvalue weighted by atomic mass is 32.2. The molecule has 0 aliphatic heterocycles. The van der Waals surface area contributed by atoms with Gasteiger partial charge >= 0.3 is 0 Å². The molecule has 0 radical (unpaired) electrons. The van der Waals surface area contributed by atoms with Crippen molar-refractivity contribution in [3.8, 4) is 11.1 Å². The van der Waals surface area contributed by atoms with Gasteiger partial charge in [0.05, 0.1) is 5.52 Å². The molecule has 0 amide bonds. The average molecular weight is 343 g/mol. The van der Waals surface area contributed by atoms with Crippen LogP contribution in [0.5, 0.6) is 0 Å². The van der Waals surface area contributed by atoms with Crippen molar-refractivity contribution in [3.63, 3.8) is 0 Å². The van der Waals surface area contributed by atoms with Crippen LogP contribution in [-0.2, 0) is 13.6 Å². The summed E-state index contributed by atoms with van der Waals surface area (Å²) in [6, 6.07) is 8.44. The van der Waals surface area contributed by atoms with Crippen molar-refractivity contribution in [2.45, 2.75) is 13.5 Å². The van der Waals surface area contributed by atoms with E-state index >= 15 is 0 Å². The number of hydrogen-bond donors (Lipinski definition) is 1. The molecule has 1 N–H and O–H groups in total. The second-order valence-electron chi connectivity index (χ2n) is 5.46. The van der Waals surface area contributed by atoms with Gasteiger partial charge in [-0.3, -0.25) is 14.5 Å². The minimum atomic E-state index is -0.409. The van der Waals surface area contributed by atoms with E-state index in [1.165, 1.54) is 16.7 Å². The van der Waals surface area contributed by atoms with Crippen molar-refractivity contribution in [1.82, 2.24) is 14.3 Å². The zero-order chi connectivity index (χ0) is 17.1. The highest BCUT2D eigenvalue weighted by molar-refractivity contribution is 7.97. The number of rotatable bonds is 5. The van der Waals surface area contributed by atoms with Gasteiger partial charge in [0.1, 0.15) is 5.82 Å². The summed E-state index contributed by atoms with van der Waals surface area (Å²) in [6.45, 7) is 2.78. The Morgan fingerprint density at radius 3 is 2.83 bits per heavy atom. The molecule has 0 unspecified atom stereocenters. The van der Waals surface area contributed by atoms with E-state index in [9.17, 15) is 9.18 Å². The Bertz CT molecular complexity index is 939. The minimum absolute atomic E-state index is 0.225. The second-order valence-corrected chi connectivity index (χ2v) is 6.62. The van der Waals surface area contributed by atoms with Gasteiger partial charge in [0, 0.05) is 48.8 Å². The summed E-state index contributed by atoms with van der Waals surface area (Å²) in [4.78, 5) is 15.9. The predicted octanol–water partition coefficient (Wildman–Crippen LogP) is 3.50. The van der Waals surface area contributed by atoms with Crippen LogP contribution in [-0.4, -0.2) is 15.3 Å². The number of halogens is 1. The third-order valence-corrected chi connectivity index (χ3v) is 4.45. The predicted molar refractivity (Wildman–Crippen MR) is 97.3 cm³/mol. The summed E-state index contributed by atoms with van der Waals surface area (Å²) < 4.78 is 19.1. The molecule has 3 rings (SSSR count). The van der Waals surface area contributed by atoms with Crippen LogP contribution >= 0.6 is 11.9 Å². The molecule has 0 aliphatic carbocycles. The number of nitrogens with one attached hydrogen (secondary N) is 1. The molecule has 24 heavy (non-hydrogen) atoms. The summed E-state index contributed by atoms with van der Waals surface area (Å²) >= 11 is 1.64. The molecular formula is C18H18FN3OS. The van der Waals surface area contributed by atoms with Gasteiger partial charge in [-0.2, -0.15) is 0 Å². The van der Waals surface area contributed by atoms with Crippen LogP contribution in [0.2, 0.25) is 0 Å². The SMILES string of the molecule is CCSNCc1cncc(-c2cc(F)c3c(ccc(=O)n3C)c2)c1. The van der Waals surface area contributed by atoms with E-state index < -0.39 is 5.82 Å². The molecule has 3 aromatic rings. The molecule has 0 bridgehead atoms. The lowest BCUT2D eigenvalue weighted by Crippen LogP contribution is -2.16. The summed E-state index contributed by atoms with van der Waals surface area (Å²) in [5, 5.41) is 0.692. The lowest BCUT2D eigenvalue weighted by molar-refractivity contribution is 0.630. The first kappa shape index (κ1) is 16.7. The smallest absolute Gasteiger partial charge is 0.250 e. The maximum absolute atomic E-state index is 14.5. The van der Waals surface area contributed by atoms with Crippen LogP contribution in [0.25, 0.3) is 22.0 Å². The Hall–Kier alpha value is -2.18. The fourth-order valence-corrected chi connectivity index (χ4v) is 3.10. The van der Waals surface area contributed by atoms with Gasteiger partial charge in [0.2, 0.25) is 0 Å². The molecular weight excluding hydrogens is 325 g/mol. The fraction of sp³-hybridized carbons (Fsp3) is 0.222. The van der Waals surface area contributed by atoms with Gasteiger partial charge in [-0.1, -0.05) is 18.9 Å². The van der Waals surface area contributed by atoms with Gasteiger partial charge in [0.15, 0.2) is 0 Å². The quantitative estimate of drug-likeness (QED) is 0.569. The van der Waals surface area contributed by atoms with Crippen LogP contribution in [0.1, 0.15) is 12.5 Å². The van der Waals surface area contributed by atoms with Gasteiger partial charge in [-0.15, -0.1) is 0 Å². The monoisotopic (exact) mass is 343 g/mol. The molecule has 0 atom stereocenters. The standard InChI is InChI=1S/C18H18FN3OS/c1-3-24-21-10-12-6-15(11-20-9-12)14-7-13-4-5-17(23)22(2)18(13)16(19)8-14/h4-9,11,21H,3,10H2,1-2H3. The van der Waals surface area contributed by atoms with Crippen LogP contribution in [0, 0.1) is 5.82 Å². The molecule has 0 fully saturated rings. The van der Waals surface area contributed by atoms with Crippen LogP contribution in [0.3, 0.4) is 0 Å². The summed E-state index contributed by atoms with van der Waals surface area (Å²) in [6.07, 6.45) is 3.52. The van der Waals surface area contributed by atoms with Crippen molar-refractivity contribution in [3.05, 3.63) is 64.5 Å². The van der Waals surface area contributed by atoms with Gasteiger partial charge in [-0.05, 0) is 35.4 Å². The lowest BCUT2D eigenvalue weighted by Gasteiger charge is -2.10. The van der Waals surface area contributed by atoms with Crippen molar-refractivity contribution in [1.29, 1.82) is 0 Å². The largest absolute Gasteiger partial charge is 0.309 e. The average Bonchev–Trinajstić information content (AvgIpc) is 2.58. The molecule has 0 saturated heterocycles. The van der Waals surface area contributed by atoms with Gasteiger partial charge < -0.3 is 4.57 Å². The van der Waals surface area contributed by atoms with E-state index in [2.05, 4.69) is 16.6 Å². The van der Waals surface area contributed by atoms with E-state index in [1.54, 1.807) is 37.5 Å². The topological polar surface area (TPSA) is 46.9 Å². The van der Waals surface area contributed by atoms with Crippen molar-refractivity contribution < 1.29 is 4.39 Å². The number of benzene rings is 1. The zero-order valence-electron chi connectivity index (χ0n) is 13.5. The molecule has 0 spiro atoms. The number of aryl methyl sites for hydroxylation is 1. The normalized spacial score (nSPS) is 11.1. The Kier molecular flexibility index (Phi) is 4.97. The van der Waals surface area contributed by atoms with Crippen LogP contribution in [0.15, 0.2) is 47.5 Å². The van der Waals surface area contributed by atoms with Gasteiger partial charge in [0.25, 0.3) is 5.56 Å². The molecule has 1 aromatic carbocycles. The van der Waals surface area contributed by atoms with E-state index in [0.717, 1.165) is 22.4 Å². The first-order valence-corrected chi connectivity index (χ1v) is 8.67. The molecule has 0 aliphatic rings. The summed E-state index contributed by atoms with van der Waals surface area (Å²) in [7, 11) is 1.58. The third kappa shape index (κ3) is 3.34. The number of nitrogens with zero attached hydrogens (tertiary/aromatic N) is 2. The third-order valence-electron chi connectivity index (χ3n) is 3.82. The van der Waals surface area contributed by atoms with E-state index in [4.69, 9.17) is 0 Å². The number of hydrogen-bond acceptors (Lipinski definition) is 4.